The third-order valence-electron chi connectivity index (χ3n) is 3.11. The van der Waals surface area contributed by atoms with E-state index in [1.807, 2.05) is 24.3 Å². The minimum absolute atomic E-state index is 0.0111. The first-order valence-corrected chi connectivity index (χ1v) is 6.11. The summed E-state index contributed by atoms with van der Waals surface area (Å²) < 4.78 is 5.82. The number of hydrogen-bond acceptors (Lipinski definition) is 3. The smallest absolute Gasteiger partial charge is 0.207 e. The third-order valence-corrected chi connectivity index (χ3v) is 3.11. The zero-order valence-corrected chi connectivity index (χ0v) is 9.80. The van der Waals surface area contributed by atoms with Crippen LogP contribution in [0.1, 0.15) is 31.2 Å². The lowest BCUT2D eigenvalue weighted by Crippen LogP contribution is -2.10. The fourth-order valence-corrected chi connectivity index (χ4v) is 2.15. The number of nitrogens with zero attached hydrogens (tertiary/aromatic N) is 1. The van der Waals surface area contributed by atoms with Gasteiger partial charge in [-0.05, 0) is 43.4 Å². The Morgan fingerprint density at radius 3 is 2.47 bits per heavy atom. The summed E-state index contributed by atoms with van der Waals surface area (Å²) in [5, 5.41) is 10.3. The number of hydrogen-bond donors (Lipinski definition) is 0. The molecular weight excluding hydrogens is 218 g/mol. The van der Waals surface area contributed by atoms with Crippen molar-refractivity contribution in [2.24, 2.45) is 0 Å². The normalized spacial score (nSPS) is 16.0. The SMILES string of the molecule is O=[N+]([O-])CCc1ccc(OC2CCCC2)cc1. The maximum absolute atomic E-state index is 10.3. The third kappa shape index (κ3) is 3.73. The van der Waals surface area contributed by atoms with Crippen LogP contribution >= 0.6 is 0 Å². The Morgan fingerprint density at radius 2 is 1.88 bits per heavy atom. The Kier molecular flexibility index (Phi) is 3.96. The highest BCUT2D eigenvalue weighted by Gasteiger charge is 2.16. The Balaban J connectivity index is 1.86. The molecule has 0 amide bonds. The zero-order chi connectivity index (χ0) is 12.1. The van der Waals surface area contributed by atoms with Crippen LogP contribution in [-0.2, 0) is 6.42 Å². The lowest BCUT2D eigenvalue weighted by atomic mass is 10.1. The molecule has 0 saturated heterocycles. The maximum atomic E-state index is 10.3. The molecule has 0 unspecified atom stereocenters. The van der Waals surface area contributed by atoms with Crippen LogP contribution in [-0.4, -0.2) is 17.6 Å². The maximum Gasteiger partial charge on any atom is 0.207 e. The number of nitro groups is 1. The van der Waals surface area contributed by atoms with E-state index in [4.69, 9.17) is 4.74 Å². The second-order valence-corrected chi connectivity index (χ2v) is 4.47. The molecule has 4 heteroatoms. The quantitative estimate of drug-likeness (QED) is 0.582. The van der Waals surface area contributed by atoms with E-state index in [1.165, 1.54) is 12.8 Å². The molecule has 17 heavy (non-hydrogen) atoms. The molecule has 0 heterocycles. The summed E-state index contributed by atoms with van der Waals surface area (Å²) in [6.45, 7) is -0.0111. The summed E-state index contributed by atoms with van der Waals surface area (Å²) in [6, 6.07) is 7.64. The fourth-order valence-electron chi connectivity index (χ4n) is 2.15. The predicted octanol–water partition coefficient (Wildman–Crippen LogP) is 2.83. The zero-order valence-electron chi connectivity index (χ0n) is 9.80. The van der Waals surface area contributed by atoms with Gasteiger partial charge in [0.05, 0.1) is 6.10 Å². The van der Waals surface area contributed by atoms with Gasteiger partial charge in [-0.15, -0.1) is 0 Å². The highest BCUT2D eigenvalue weighted by molar-refractivity contribution is 5.27. The summed E-state index contributed by atoms with van der Waals surface area (Å²) in [5.74, 6) is 0.877. The van der Waals surface area contributed by atoms with Gasteiger partial charge in [0.15, 0.2) is 0 Å². The predicted molar refractivity (Wildman–Crippen MR) is 64.9 cm³/mol. The summed E-state index contributed by atoms with van der Waals surface area (Å²) in [6.07, 6.45) is 5.64. The summed E-state index contributed by atoms with van der Waals surface area (Å²) in [7, 11) is 0. The Morgan fingerprint density at radius 1 is 1.24 bits per heavy atom. The van der Waals surface area contributed by atoms with Crippen molar-refractivity contribution >= 4 is 0 Å². The van der Waals surface area contributed by atoms with Gasteiger partial charge in [-0.3, -0.25) is 10.1 Å². The molecule has 0 N–H and O–H groups in total. The molecule has 1 fully saturated rings. The van der Waals surface area contributed by atoms with E-state index in [0.717, 1.165) is 24.2 Å². The first kappa shape index (κ1) is 11.9. The Labute approximate surface area is 101 Å². The van der Waals surface area contributed by atoms with Gasteiger partial charge in [0.2, 0.25) is 6.54 Å². The van der Waals surface area contributed by atoms with Crippen molar-refractivity contribution in [2.45, 2.75) is 38.2 Å². The van der Waals surface area contributed by atoms with Gasteiger partial charge in [0.1, 0.15) is 5.75 Å². The first-order valence-electron chi connectivity index (χ1n) is 6.11. The molecule has 0 radical (unpaired) electrons. The summed E-state index contributed by atoms with van der Waals surface area (Å²) >= 11 is 0. The van der Waals surface area contributed by atoms with Crippen LogP contribution in [0.15, 0.2) is 24.3 Å². The highest BCUT2D eigenvalue weighted by atomic mass is 16.6. The standard InChI is InChI=1S/C13H17NO3/c15-14(16)10-9-11-5-7-13(8-6-11)17-12-3-1-2-4-12/h5-8,12H,1-4,9-10H2. The van der Waals surface area contributed by atoms with Gasteiger partial charge in [-0.1, -0.05) is 12.1 Å². The number of rotatable bonds is 5. The molecule has 0 atom stereocenters. The van der Waals surface area contributed by atoms with Gasteiger partial charge in [0, 0.05) is 11.3 Å². The summed E-state index contributed by atoms with van der Waals surface area (Å²) in [5.41, 5.74) is 0.987. The molecular formula is C13H17NO3. The van der Waals surface area contributed by atoms with Crippen molar-refractivity contribution < 1.29 is 9.66 Å². The van der Waals surface area contributed by atoms with Crippen LogP contribution < -0.4 is 4.74 Å². The molecule has 0 aromatic heterocycles. The minimum atomic E-state index is -0.289. The van der Waals surface area contributed by atoms with E-state index < -0.39 is 0 Å². The summed E-state index contributed by atoms with van der Waals surface area (Å²) in [4.78, 5) is 9.96. The van der Waals surface area contributed by atoms with E-state index in [2.05, 4.69) is 0 Å². The molecule has 1 aliphatic rings. The topological polar surface area (TPSA) is 52.4 Å². The van der Waals surface area contributed by atoms with E-state index in [-0.39, 0.29) is 11.5 Å². The average Bonchev–Trinajstić information content (AvgIpc) is 2.81. The lowest BCUT2D eigenvalue weighted by Gasteiger charge is -2.12. The van der Waals surface area contributed by atoms with Crippen LogP contribution in [0, 0.1) is 10.1 Å². The fraction of sp³-hybridized carbons (Fsp3) is 0.538. The Hall–Kier alpha value is -1.58. The molecule has 1 aromatic rings. The van der Waals surface area contributed by atoms with Crippen LogP contribution in [0.3, 0.4) is 0 Å². The number of ether oxygens (including phenoxy) is 1. The lowest BCUT2D eigenvalue weighted by molar-refractivity contribution is -0.479. The molecule has 0 spiro atoms. The van der Waals surface area contributed by atoms with Gasteiger partial charge in [0.25, 0.3) is 0 Å². The highest BCUT2D eigenvalue weighted by Crippen LogP contribution is 2.24. The molecule has 92 valence electrons. The van der Waals surface area contributed by atoms with Crippen molar-refractivity contribution in [1.29, 1.82) is 0 Å². The molecule has 2 rings (SSSR count). The Bertz CT molecular complexity index is 369. The van der Waals surface area contributed by atoms with E-state index in [1.54, 1.807) is 0 Å². The molecule has 0 aliphatic heterocycles. The van der Waals surface area contributed by atoms with Gasteiger partial charge in [-0.2, -0.15) is 0 Å². The minimum Gasteiger partial charge on any atom is -0.490 e. The van der Waals surface area contributed by atoms with E-state index in [9.17, 15) is 10.1 Å². The monoisotopic (exact) mass is 235 g/mol. The molecule has 0 bridgehead atoms. The van der Waals surface area contributed by atoms with Crippen molar-refractivity contribution in [3.8, 4) is 5.75 Å². The van der Waals surface area contributed by atoms with Crippen molar-refractivity contribution in [3.63, 3.8) is 0 Å². The second kappa shape index (κ2) is 5.66. The molecule has 1 aliphatic carbocycles. The second-order valence-electron chi connectivity index (χ2n) is 4.47. The van der Waals surface area contributed by atoms with E-state index >= 15 is 0 Å². The van der Waals surface area contributed by atoms with Crippen molar-refractivity contribution in [2.75, 3.05) is 6.54 Å². The molecule has 1 saturated carbocycles. The van der Waals surface area contributed by atoms with Crippen molar-refractivity contribution in [1.82, 2.24) is 0 Å². The van der Waals surface area contributed by atoms with E-state index in [0.29, 0.717) is 12.5 Å². The van der Waals surface area contributed by atoms with Gasteiger partial charge in [-0.25, -0.2) is 0 Å². The van der Waals surface area contributed by atoms with Crippen LogP contribution in [0.2, 0.25) is 0 Å². The first-order chi connectivity index (χ1) is 8.24. The molecule has 4 nitrogen and oxygen atoms in total. The van der Waals surface area contributed by atoms with Gasteiger partial charge < -0.3 is 4.74 Å². The largest absolute Gasteiger partial charge is 0.490 e. The molecule has 1 aromatic carbocycles. The van der Waals surface area contributed by atoms with Crippen molar-refractivity contribution in [3.05, 3.63) is 39.9 Å². The van der Waals surface area contributed by atoms with Gasteiger partial charge >= 0.3 is 0 Å². The van der Waals surface area contributed by atoms with Crippen LogP contribution in [0.5, 0.6) is 5.75 Å². The van der Waals surface area contributed by atoms with Crippen LogP contribution in [0.4, 0.5) is 0 Å². The van der Waals surface area contributed by atoms with Crippen LogP contribution in [0.25, 0.3) is 0 Å². The number of benzene rings is 1. The average molecular weight is 235 g/mol.